The second kappa shape index (κ2) is 6.89. The zero-order valence-electron chi connectivity index (χ0n) is 10.9. The van der Waals surface area contributed by atoms with Gasteiger partial charge in [0.15, 0.2) is 5.56 Å². The molecule has 1 aromatic rings. The van der Waals surface area contributed by atoms with Crippen LogP contribution >= 0.6 is 0 Å². The van der Waals surface area contributed by atoms with E-state index in [4.69, 9.17) is 16.4 Å². The Morgan fingerprint density at radius 2 is 2.30 bits per heavy atom. The summed E-state index contributed by atoms with van der Waals surface area (Å²) in [5.41, 5.74) is -0.935. The molecule has 0 amide bonds. The van der Waals surface area contributed by atoms with Gasteiger partial charge in [-0.15, -0.1) is 0 Å². The number of aliphatic hydroxyl groups excluding tert-OH is 1. The fourth-order valence-corrected chi connectivity index (χ4v) is 2.00. The van der Waals surface area contributed by atoms with Gasteiger partial charge in [0.1, 0.15) is 18.5 Å². The Labute approximate surface area is 139 Å². The number of hydrogen-bond donors (Lipinski definition) is 2. The van der Waals surface area contributed by atoms with Gasteiger partial charge in [-0.1, -0.05) is 18.7 Å². The summed E-state index contributed by atoms with van der Waals surface area (Å²) in [4.78, 5) is 25.3. The number of rotatable bonds is 3. The van der Waals surface area contributed by atoms with E-state index in [2.05, 4.69) is 4.98 Å². The minimum Gasteiger partial charge on any atom is -0.394 e. The molecule has 1 aromatic heterocycles. The average molecular weight is 358 g/mol. The molecule has 2 heterocycles. The average Bonchev–Trinajstić information content (AvgIpc) is 2.69. The molecule has 0 unspecified atom stereocenters. The van der Waals surface area contributed by atoms with Crippen LogP contribution in [-0.4, -0.2) is 33.5 Å². The van der Waals surface area contributed by atoms with E-state index in [0.717, 1.165) is 4.57 Å². The van der Waals surface area contributed by atoms with Crippen molar-refractivity contribution in [1.29, 1.82) is 0 Å². The molecule has 1 aliphatic heterocycles. The molecule has 1 aliphatic rings. The summed E-state index contributed by atoms with van der Waals surface area (Å²) in [6.07, 6.45) is -2.02. The molecule has 107 valence electrons. The van der Waals surface area contributed by atoms with Crippen molar-refractivity contribution in [2.75, 3.05) is 6.61 Å². The number of hydrogen-bond acceptors (Lipinski definition) is 4. The third kappa shape index (κ3) is 3.33. The van der Waals surface area contributed by atoms with E-state index in [1.165, 1.54) is 13.1 Å². The number of aliphatic hydroxyl groups is 1. The van der Waals surface area contributed by atoms with Crippen molar-refractivity contribution >= 4 is 5.57 Å². The van der Waals surface area contributed by atoms with Crippen molar-refractivity contribution in [2.45, 2.75) is 31.8 Å². The summed E-state index contributed by atoms with van der Waals surface area (Å²) in [6.45, 7) is 6.59. The molecule has 0 saturated carbocycles. The SMILES string of the molecule is [CH-]=C(C)c1cn([C@H]2C[C@@H](F)[C@@H](CO)O2)c(=O)[nH]c1=O.[Y]. The Morgan fingerprint density at radius 1 is 1.65 bits per heavy atom. The van der Waals surface area contributed by atoms with Gasteiger partial charge in [-0.25, -0.2) is 14.8 Å². The molecule has 1 saturated heterocycles. The van der Waals surface area contributed by atoms with Gasteiger partial charge < -0.3 is 9.84 Å². The van der Waals surface area contributed by atoms with Crippen LogP contribution in [0.1, 0.15) is 25.1 Å². The zero-order chi connectivity index (χ0) is 14.2. The van der Waals surface area contributed by atoms with Crippen LogP contribution in [0.15, 0.2) is 15.8 Å². The van der Waals surface area contributed by atoms with Crippen LogP contribution in [0.5, 0.6) is 0 Å². The molecular weight excluding hydrogens is 344 g/mol. The third-order valence-electron chi connectivity index (χ3n) is 3.04. The van der Waals surface area contributed by atoms with Crippen LogP contribution < -0.4 is 11.2 Å². The second-order valence-electron chi connectivity index (χ2n) is 4.46. The number of nitrogens with one attached hydrogen (secondary N) is 1. The van der Waals surface area contributed by atoms with Crippen LogP contribution in [0.4, 0.5) is 4.39 Å². The summed E-state index contributed by atoms with van der Waals surface area (Å²) in [5.74, 6) is 0. The Morgan fingerprint density at radius 3 is 2.80 bits per heavy atom. The third-order valence-corrected chi connectivity index (χ3v) is 3.04. The first-order valence-electron chi connectivity index (χ1n) is 5.79. The Balaban J connectivity index is 0.00000200. The van der Waals surface area contributed by atoms with E-state index in [1.54, 1.807) is 0 Å². The van der Waals surface area contributed by atoms with Crippen molar-refractivity contribution in [1.82, 2.24) is 9.55 Å². The first-order chi connectivity index (χ1) is 8.93. The first-order valence-corrected chi connectivity index (χ1v) is 5.79. The number of halogens is 1. The normalized spacial score (nSPS) is 25.2. The minimum atomic E-state index is -1.36. The molecule has 0 aliphatic carbocycles. The summed E-state index contributed by atoms with van der Waals surface area (Å²) < 4.78 is 19.8. The van der Waals surface area contributed by atoms with E-state index in [9.17, 15) is 14.0 Å². The van der Waals surface area contributed by atoms with Crippen LogP contribution in [0.3, 0.4) is 0 Å². The summed E-state index contributed by atoms with van der Waals surface area (Å²) >= 11 is 0. The van der Waals surface area contributed by atoms with Gasteiger partial charge in [0.2, 0.25) is 0 Å². The van der Waals surface area contributed by atoms with E-state index in [-0.39, 0.29) is 50.3 Å². The summed E-state index contributed by atoms with van der Waals surface area (Å²) in [7, 11) is 0. The topological polar surface area (TPSA) is 84.3 Å². The van der Waals surface area contributed by atoms with E-state index in [0.29, 0.717) is 0 Å². The van der Waals surface area contributed by atoms with Gasteiger partial charge in [-0.3, -0.25) is 20.9 Å². The maximum atomic E-state index is 13.5. The molecule has 6 nitrogen and oxygen atoms in total. The Bertz CT molecular complexity index is 612. The number of aromatic amines is 1. The van der Waals surface area contributed by atoms with Crippen molar-refractivity contribution < 1.29 is 46.9 Å². The molecule has 1 fully saturated rings. The van der Waals surface area contributed by atoms with E-state index >= 15 is 0 Å². The number of nitrogens with zero attached hydrogens (tertiary/aromatic N) is 1. The smallest absolute Gasteiger partial charge is 0.327 e. The van der Waals surface area contributed by atoms with Gasteiger partial charge >= 0.3 is 5.69 Å². The number of allylic oxidation sites excluding steroid dienone is 1. The van der Waals surface area contributed by atoms with Crippen LogP contribution in [-0.2, 0) is 37.4 Å². The minimum absolute atomic E-state index is 0. The number of H-pyrrole nitrogens is 1. The molecule has 2 N–H and O–H groups in total. The number of ether oxygens (including phenoxy) is 1. The van der Waals surface area contributed by atoms with Gasteiger partial charge in [-0.2, -0.15) is 0 Å². The predicted octanol–water partition coefficient (Wildman–Crippen LogP) is -0.0117. The van der Waals surface area contributed by atoms with Crippen LogP contribution in [0, 0.1) is 6.58 Å². The monoisotopic (exact) mass is 358 g/mol. The largest absolute Gasteiger partial charge is 0.394 e. The van der Waals surface area contributed by atoms with Gasteiger partial charge in [0.25, 0.3) is 0 Å². The Kier molecular flexibility index (Phi) is 6.00. The molecule has 2 rings (SSSR count). The van der Waals surface area contributed by atoms with E-state index in [1.807, 2.05) is 0 Å². The van der Waals surface area contributed by atoms with Crippen LogP contribution in [0.2, 0.25) is 0 Å². The second-order valence-corrected chi connectivity index (χ2v) is 4.46. The molecular formula is C12H14FN2O4Y-. The molecule has 0 aromatic carbocycles. The van der Waals surface area contributed by atoms with Gasteiger partial charge in [0, 0.05) is 39.1 Å². The van der Waals surface area contributed by atoms with Crippen molar-refractivity contribution in [2.24, 2.45) is 0 Å². The van der Waals surface area contributed by atoms with Crippen molar-refractivity contribution in [3.8, 4) is 0 Å². The van der Waals surface area contributed by atoms with Crippen molar-refractivity contribution in [3.05, 3.63) is 39.2 Å². The van der Waals surface area contributed by atoms with Crippen molar-refractivity contribution in [3.63, 3.8) is 0 Å². The molecule has 20 heavy (non-hydrogen) atoms. The first kappa shape index (κ1) is 17.4. The molecule has 0 bridgehead atoms. The van der Waals surface area contributed by atoms with Crippen LogP contribution in [0.25, 0.3) is 5.57 Å². The summed E-state index contributed by atoms with van der Waals surface area (Å²) in [6, 6.07) is 0. The molecule has 1 radical (unpaired) electrons. The predicted molar refractivity (Wildman–Crippen MR) is 65.2 cm³/mol. The number of alkyl halides is 1. The zero-order valence-corrected chi connectivity index (χ0v) is 13.7. The standard InChI is InChI=1S/C12H14FN2O4.Y/c1-6(2)7-4-15(12(18)14-11(7)17)10-3-8(13)9(5-16)19-10;/h1,4,8-10,16H,3,5H2,2H3,(H,14,17,18);/q-1;/t8-,9-,10-;/m1./s1. The summed E-state index contributed by atoms with van der Waals surface area (Å²) in [5, 5.41) is 8.92. The molecule has 3 atom stereocenters. The fourth-order valence-electron chi connectivity index (χ4n) is 2.00. The van der Waals surface area contributed by atoms with E-state index < -0.39 is 36.4 Å². The number of aromatic nitrogens is 2. The quantitative estimate of drug-likeness (QED) is 0.745. The van der Waals surface area contributed by atoms with Gasteiger partial charge in [-0.05, 0) is 0 Å². The molecule has 0 spiro atoms. The Hall–Kier alpha value is -0.626. The maximum absolute atomic E-state index is 13.5. The maximum Gasteiger partial charge on any atom is 0.327 e. The molecule has 8 heteroatoms. The van der Waals surface area contributed by atoms with Gasteiger partial charge in [0.05, 0.1) is 6.61 Å². The fraction of sp³-hybridized carbons (Fsp3) is 0.500.